The summed E-state index contributed by atoms with van der Waals surface area (Å²) in [6, 6.07) is 18.9. The van der Waals surface area contributed by atoms with Gasteiger partial charge in [-0.3, -0.25) is 4.79 Å². The van der Waals surface area contributed by atoms with Crippen LogP contribution in [-0.4, -0.2) is 65.6 Å². The summed E-state index contributed by atoms with van der Waals surface area (Å²) < 4.78 is 48.8. The monoisotopic (exact) mass is 528 g/mol. The maximum atomic E-state index is 12.9. The van der Waals surface area contributed by atoms with Gasteiger partial charge in [-0.15, -0.1) is 0 Å². The zero-order valence-corrected chi connectivity index (χ0v) is 22.4. The van der Waals surface area contributed by atoms with Crippen molar-refractivity contribution in [3.05, 3.63) is 77.9 Å². The number of amides is 1. The molecule has 0 aromatic heterocycles. The van der Waals surface area contributed by atoms with Gasteiger partial charge in [-0.25, -0.2) is 8.42 Å². The topological polar surface area (TPSA) is 94.6 Å². The number of likely N-dealkylation sites (N-methyl/N-ethyl adjacent to an activating group) is 1. The molecular formula is C27H32N2O7S. The molecule has 0 heterocycles. The number of hydrogen-bond acceptors (Lipinski definition) is 7. The number of sulfonamides is 1. The van der Waals surface area contributed by atoms with Crippen LogP contribution in [0.2, 0.25) is 0 Å². The number of benzene rings is 3. The molecule has 0 aliphatic carbocycles. The van der Waals surface area contributed by atoms with Crippen molar-refractivity contribution in [3.63, 3.8) is 0 Å². The number of carbonyl (C=O) groups is 1. The molecule has 0 unspecified atom stereocenters. The van der Waals surface area contributed by atoms with E-state index in [1.165, 1.54) is 61.8 Å². The Balaban J connectivity index is 1.59. The first-order chi connectivity index (χ1) is 17.7. The lowest BCUT2D eigenvalue weighted by Gasteiger charge is -2.20. The lowest BCUT2D eigenvalue weighted by atomic mass is 10.1. The summed E-state index contributed by atoms with van der Waals surface area (Å²) in [5, 5.41) is 0. The highest BCUT2D eigenvalue weighted by atomic mass is 32.2. The Bertz CT molecular complexity index is 1270. The van der Waals surface area contributed by atoms with E-state index in [2.05, 4.69) is 0 Å². The van der Waals surface area contributed by atoms with Crippen LogP contribution < -0.4 is 18.9 Å². The summed E-state index contributed by atoms with van der Waals surface area (Å²) in [5.41, 5.74) is 1.68. The number of carbonyl (C=O) groups excluding carboxylic acids is 1. The minimum Gasteiger partial charge on any atom is -0.493 e. The van der Waals surface area contributed by atoms with Gasteiger partial charge in [0.1, 0.15) is 5.75 Å². The van der Waals surface area contributed by atoms with E-state index in [4.69, 9.17) is 18.9 Å². The number of hydrogen-bond donors (Lipinski definition) is 0. The maximum absolute atomic E-state index is 12.9. The summed E-state index contributed by atoms with van der Waals surface area (Å²) in [6.45, 7) is 0.346. The van der Waals surface area contributed by atoms with Crippen LogP contribution in [0.4, 0.5) is 0 Å². The van der Waals surface area contributed by atoms with Crippen molar-refractivity contribution in [2.45, 2.75) is 18.0 Å². The average Bonchev–Trinajstić information content (AvgIpc) is 2.91. The first-order valence-electron chi connectivity index (χ1n) is 11.5. The van der Waals surface area contributed by atoms with Crippen LogP contribution in [0.3, 0.4) is 0 Å². The van der Waals surface area contributed by atoms with Crippen molar-refractivity contribution in [2.24, 2.45) is 0 Å². The van der Waals surface area contributed by atoms with Crippen LogP contribution in [0.25, 0.3) is 0 Å². The third-order valence-corrected chi connectivity index (χ3v) is 7.53. The Labute approximate surface area is 218 Å². The standard InChI is InChI=1S/C27H32N2O7S/c1-28(17-21-15-24(33-3)27(35-5)25(16-21)34-4)26(30)19-36-22-11-13-23(14-12-22)37(31,32)29(2)18-20-9-7-6-8-10-20/h6-16H,17-19H2,1-5H3. The minimum absolute atomic E-state index is 0.143. The highest BCUT2D eigenvalue weighted by Gasteiger charge is 2.21. The Morgan fingerprint density at radius 2 is 1.38 bits per heavy atom. The quantitative estimate of drug-likeness (QED) is 0.355. The van der Waals surface area contributed by atoms with Crippen LogP contribution in [-0.2, 0) is 27.9 Å². The second-order valence-corrected chi connectivity index (χ2v) is 10.3. The van der Waals surface area contributed by atoms with Crippen molar-refractivity contribution in [3.8, 4) is 23.0 Å². The van der Waals surface area contributed by atoms with E-state index in [-0.39, 0.29) is 24.0 Å². The lowest BCUT2D eigenvalue weighted by Crippen LogP contribution is -2.31. The summed E-state index contributed by atoms with van der Waals surface area (Å²) in [7, 11) is 4.10. The molecule has 3 aromatic carbocycles. The minimum atomic E-state index is -3.68. The van der Waals surface area contributed by atoms with E-state index in [9.17, 15) is 13.2 Å². The Kier molecular flexibility index (Phi) is 9.37. The largest absolute Gasteiger partial charge is 0.493 e. The number of methoxy groups -OCH3 is 3. The molecule has 3 aromatic rings. The zero-order chi connectivity index (χ0) is 27.0. The van der Waals surface area contributed by atoms with Crippen molar-refractivity contribution in [1.82, 2.24) is 9.21 Å². The summed E-state index contributed by atoms with van der Waals surface area (Å²) in [4.78, 5) is 14.3. The van der Waals surface area contributed by atoms with Crippen molar-refractivity contribution in [1.29, 1.82) is 0 Å². The molecule has 0 aliphatic rings. The highest BCUT2D eigenvalue weighted by Crippen LogP contribution is 2.38. The summed E-state index contributed by atoms with van der Waals surface area (Å²) in [5.74, 6) is 1.60. The number of ether oxygens (including phenoxy) is 4. The van der Waals surface area contributed by atoms with Gasteiger partial charge in [0.15, 0.2) is 18.1 Å². The van der Waals surface area contributed by atoms with Crippen LogP contribution in [0.1, 0.15) is 11.1 Å². The first kappa shape index (κ1) is 27.8. The van der Waals surface area contributed by atoms with E-state index in [0.717, 1.165) is 11.1 Å². The SMILES string of the molecule is COc1cc(CN(C)C(=O)COc2ccc(S(=O)(=O)N(C)Cc3ccccc3)cc2)cc(OC)c1OC. The van der Waals surface area contributed by atoms with Gasteiger partial charge in [0.2, 0.25) is 15.8 Å². The lowest BCUT2D eigenvalue weighted by molar-refractivity contribution is -0.132. The Morgan fingerprint density at radius 1 is 0.784 bits per heavy atom. The molecule has 0 atom stereocenters. The molecule has 198 valence electrons. The first-order valence-corrected chi connectivity index (χ1v) is 12.9. The molecule has 0 N–H and O–H groups in total. The molecule has 37 heavy (non-hydrogen) atoms. The van der Waals surface area contributed by atoms with Gasteiger partial charge in [0.05, 0.1) is 26.2 Å². The van der Waals surface area contributed by atoms with Crippen molar-refractivity contribution >= 4 is 15.9 Å². The van der Waals surface area contributed by atoms with E-state index in [0.29, 0.717) is 29.5 Å². The summed E-state index contributed by atoms with van der Waals surface area (Å²) in [6.07, 6.45) is 0. The fourth-order valence-corrected chi connectivity index (χ4v) is 4.82. The van der Waals surface area contributed by atoms with Gasteiger partial charge in [0.25, 0.3) is 5.91 Å². The third-order valence-electron chi connectivity index (χ3n) is 5.71. The second kappa shape index (κ2) is 12.5. The molecule has 0 saturated carbocycles. The molecule has 0 radical (unpaired) electrons. The number of rotatable bonds is 12. The molecule has 0 aliphatic heterocycles. The Morgan fingerprint density at radius 3 is 1.92 bits per heavy atom. The number of nitrogens with zero attached hydrogens (tertiary/aromatic N) is 2. The van der Waals surface area contributed by atoms with Crippen molar-refractivity contribution < 1.29 is 32.2 Å². The van der Waals surface area contributed by atoms with Crippen LogP contribution in [0.5, 0.6) is 23.0 Å². The molecule has 3 rings (SSSR count). The molecule has 10 heteroatoms. The Hall–Kier alpha value is -3.76. The maximum Gasteiger partial charge on any atom is 0.260 e. The van der Waals surface area contributed by atoms with Crippen LogP contribution in [0, 0.1) is 0 Å². The van der Waals surface area contributed by atoms with Gasteiger partial charge in [0, 0.05) is 27.2 Å². The van der Waals surface area contributed by atoms with Gasteiger partial charge in [-0.05, 0) is 47.5 Å². The van der Waals surface area contributed by atoms with Gasteiger partial charge < -0.3 is 23.8 Å². The average molecular weight is 529 g/mol. The predicted octanol–water partition coefficient (Wildman–Crippen LogP) is 3.57. The smallest absolute Gasteiger partial charge is 0.260 e. The molecule has 1 amide bonds. The van der Waals surface area contributed by atoms with Gasteiger partial charge in [-0.2, -0.15) is 4.31 Å². The van der Waals surface area contributed by atoms with E-state index >= 15 is 0 Å². The van der Waals surface area contributed by atoms with Gasteiger partial charge >= 0.3 is 0 Å². The van der Waals surface area contributed by atoms with Crippen LogP contribution in [0.15, 0.2) is 71.6 Å². The van der Waals surface area contributed by atoms with Crippen molar-refractivity contribution in [2.75, 3.05) is 42.0 Å². The fourth-order valence-electron chi connectivity index (χ4n) is 3.66. The normalized spacial score (nSPS) is 11.2. The highest BCUT2D eigenvalue weighted by molar-refractivity contribution is 7.89. The van der Waals surface area contributed by atoms with E-state index < -0.39 is 10.0 Å². The third kappa shape index (κ3) is 6.93. The molecule has 9 nitrogen and oxygen atoms in total. The van der Waals surface area contributed by atoms with E-state index in [1.54, 1.807) is 19.2 Å². The van der Waals surface area contributed by atoms with E-state index in [1.807, 2.05) is 30.3 Å². The second-order valence-electron chi connectivity index (χ2n) is 8.29. The van der Waals surface area contributed by atoms with Crippen LogP contribution >= 0.6 is 0 Å². The van der Waals surface area contributed by atoms with Gasteiger partial charge in [-0.1, -0.05) is 30.3 Å². The summed E-state index contributed by atoms with van der Waals surface area (Å²) >= 11 is 0. The predicted molar refractivity (Wildman–Crippen MR) is 140 cm³/mol. The fraction of sp³-hybridized carbons (Fsp3) is 0.296. The molecule has 0 saturated heterocycles. The molecule has 0 spiro atoms. The molecule has 0 fully saturated rings. The molecular weight excluding hydrogens is 496 g/mol. The zero-order valence-electron chi connectivity index (χ0n) is 21.6. The molecule has 0 bridgehead atoms.